The molecule has 5 heteroatoms. The van der Waals surface area contributed by atoms with E-state index in [0.717, 1.165) is 22.5 Å². The molecule has 0 unspecified atom stereocenters. The summed E-state index contributed by atoms with van der Waals surface area (Å²) in [4.78, 5) is 15.2. The van der Waals surface area contributed by atoms with Crippen molar-refractivity contribution < 1.29 is 14.3 Å². The molecule has 2 aliphatic heterocycles. The summed E-state index contributed by atoms with van der Waals surface area (Å²) < 4.78 is 10.9. The van der Waals surface area contributed by atoms with Crippen molar-refractivity contribution in [2.45, 2.75) is 13.1 Å². The number of rotatable bonds is 2. The Morgan fingerprint density at radius 2 is 1.81 bits per heavy atom. The zero-order valence-corrected chi connectivity index (χ0v) is 14.8. The van der Waals surface area contributed by atoms with Gasteiger partial charge in [0.15, 0.2) is 11.5 Å². The summed E-state index contributed by atoms with van der Waals surface area (Å²) in [5, 5.41) is 3.52. The van der Waals surface area contributed by atoms with Gasteiger partial charge in [0.05, 0.1) is 11.3 Å². The molecule has 0 saturated heterocycles. The Labute approximate surface area is 157 Å². The Kier molecular flexibility index (Phi) is 3.53. The van der Waals surface area contributed by atoms with Crippen molar-refractivity contribution in [3.8, 4) is 11.5 Å². The van der Waals surface area contributed by atoms with Crippen LogP contribution in [-0.4, -0.2) is 12.7 Å². The smallest absolute Gasteiger partial charge is 0.262 e. The van der Waals surface area contributed by atoms with Gasteiger partial charge in [-0.3, -0.25) is 9.69 Å². The first-order valence-electron chi connectivity index (χ1n) is 8.86. The minimum atomic E-state index is -0.312. The monoisotopic (exact) mass is 358 g/mol. The van der Waals surface area contributed by atoms with Crippen molar-refractivity contribution in [2.24, 2.45) is 0 Å². The van der Waals surface area contributed by atoms with Crippen LogP contribution in [0.4, 0.5) is 11.4 Å². The van der Waals surface area contributed by atoms with Gasteiger partial charge in [-0.25, -0.2) is 0 Å². The van der Waals surface area contributed by atoms with E-state index in [2.05, 4.69) is 11.4 Å². The maximum Gasteiger partial charge on any atom is 0.262 e. The maximum absolute atomic E-state index is 13.4. The van der Waals surface area contributed by atoms with E-state index in [0.29, 0.717) is 17.1 Å². The third kappa shape index (κ3) is 2.59. The fourth-order valence-corrected chi connectivity index (χ4v) is 3.63. The van der Waals surface area contributed by atoms with Crippen LogP contribution in [0.25, 0.3) is 0 Å². The zero-order valence-electron chi connectivity index (χ0n) is 14.8. The van der Waals surface area contributed by atoms with E-state index in [9.17, 15) is 4.79 Å². The van der Waals surface area contributed by atoms with E-state index < -0.39 is 0 Å². The summed E-state index contributed by atoms with van der Waals surface area (Å²) in [6, 6.07) is 21.4. The first-order chi connectivity index (χ1) is 13.2. The van der Waals surface area contributed by atoms with Gasteiger partial charge in [0.25, 0.3) is 5.91 Å². The van der Waals surface area contributed by atoms with Crippen LogP contribution in [0.1, 0.15) is 27.7 Å². The number of para-hydroxylation sites is 1. The minimum Gasteiger partial charge on any atom is -0.454 e. The lowest BCUT2D eigenvalue weighted by Crippen LogP contribution is -2.43. The molecule has 5 nitrogen and oxygen atoms in total. The Morgan fingerprint density at radius 3 is 2.70 bits per heavy atom. The number of hydrogen-bond donors (Lipinski definition) is 1. The number of benzene rings is 3. The lowest BCUT2D eigenvalue weighted by atomic mass is 10.0. The van der Waals surface area contributed by atoms with E-state index in [1.807, 2.05) is 67.6 Å². The van der Waals surface area contributed by atoms with E-state index in [1.165, 1.54) is 0 Å². The Bertz CT molecular complexity index is 1050. The highest BCUT2D eigenvalue weighted by Crippen LogP contribution is 2.41. The molecule has 0 bridgehead atoms. The summed E-state index contributed by atoms with van der Waals surface area (Å²) in [5.74, 6) is 1.31. The van der Waals surface area contributed by atoms with Gasteiger partial charge in [0.2, 0.25) is 6.79 Å². The largest absolute Gasteiger partial charge is 0.454 e. The van der Waals surface area contributed by atoms with Gasteiger partial charge in [-0.05, 0) is 36.8 Å². The number of carbonyl (C=O) groups is 1. The number of hydrogen-bond acceptors (Lipinski definition) is 4. The van der Waals surface area contributed by atoms with Crippen LogP contribution in [-0.2, 0) is 0 Å². The molecule has 1 atom stereocenters. The topological polar surface area (TPSA) is 50.8 Å². The normalized spacial score (nSPS) is 17.4. The van der Waals surface area contributed by atoms with Gasteiger partial charge in [-0.1, -0.05) is 42.0 Å². The fraction of sp³-hybridized carbons (Fsp3) is 0.136. The van der Waals surface area contributed by atoms with Crippen molar-refractivity contribution in [1.29, 1.82) is 0 Å². The van der Waals surface area contributed by atoms with Crippen LogP contribution in [0.3, 0.4) is 0 Å². The molecule has 134 valence electrons. The van der Waals surface area contributed by atoms with Crippen molar-refractivity contribution in [3.05, 3.63) is 83.4 Å². The van der Waals surface area contributed by atoms with Crippen LogP contribution in [0.15, 0.2) is 66.7 Å². The van der Waals surface area contributed by atoms with Crippen molar-refractivity contribution >= 4 is 17.3 Å². The van der Waals surface area contributed by atoms with Gasteiger partial charge in [0.1, 0.15) is 6.17 Å². The Balaban J connectivity index is 1.66. The number of nitrogens with zero attached hydrogens (tertiary/aromatic N) is 1. The predicted molar refractivity (Wildman–Crippen MR) is 103 cm³/mol. The van der Waals surface area contributed by atoms with Gasteiger partial charge in [-0.2, -0.15) is 0 Å². The van der Waals surface area contributed by atoms with Gasteiger partial charge in [0, 0.05) is 11.8 Å². The number of carbonyl (C=O) groups excluding carboxylic acids is 1. The second kappa shape index (κ2) is 6.06. The van der Waals surface area contributed by atoms with Gasteiger partial charge in [-0.15, -0.1) is 0 Å². The molecule has 0 radical (unpaired) electrons. The number of fused-ring (bicyclic) bond motifs is 2. The molecule has 0 aliphatic carbocycles. The summed E-state index contributed by atoms with van der Waals surface area (Å²) in [7, 11) is 0. The number of ether oxygens (including phenoxy) is 2. The molecule has 0 aromatic heterocycles. The van der Waals surface area contributed by atoms with E-state index in [4.69, 9.17) is 9.47 Å². The van der Waals surface area contributed by atoms with Crippen LogP contribution in [0.2, 0.25) is 0 Å². The van der Waals surface area contributed by atoms with Crippen LogP contribution in [0, 0.1) is 6.92 Å². The Hall–Kier alpha value is -3.47. The number of amides is 1. The molecule has 27 heavy (non-hydrogen) atoms. The average molecular weight is 358 g/mol. The molecule has 3 aromatic rings. The number of nitrogens with one attached hydrogen (secondary N) is 1. The van der Waals surface area contributed by atoms with Gasteiger partial charge >= 0.3 is 0 Å². The van der Waals surface area contributed by atoms with Crippen LogP contribution < -0.4 is 19.7 Å². The second-order valence-corrected chi connectivity index (χ2v) is 6.72. The third-order valence-corrected chi connectivity index (χ3v) is 4.92. The quantitative estimate of drug-likeness (QED) is 0.733. The Morgan fingerprint density at radius 1 is 0.963 bits per heavy atom. The summed E-state index contributed by atoms with van der Waals surface area (Å²) in [5.41, 5.74) is 4.42. The second-order valence-electron chi connectivity index (χ2n) is 6.72. The first-order valence-corrected chi connectivity index (χ1v) is 8.86. The molecular formula is C22H18N2O3. The molecule has 3 aromatic carbocycles. The highest BCUT2D eigenvalue weighted by atomic mass is 16.7. The van der Waals surface area contributed by atoms with Gasteiger partial charge < -0.3 is 14.8 Å². The molecule has 0 fully saturated rings. The minimum absolute atomic E-state index is 0.0466. The SMILES string of the molecule is Cc1cccc([C@@H]2Nc3ccccc3C(=O)N2c2ccc3c(c2)OCO3)c1. The lowest BCUT2D eigenvalue weighted by molar-refractivity contribution is 0.0975. The van der Waals surface area contributed by atoms with Crippen LogP contribution in [0.5, 0.6) is 11.5 Å². The van der Waals surface area contributed by atoms with E-state index in [1.54, 1.807) is 4.90 Å². The van der Waals surface area contributed by atoms with E-state index >= 15 is 0 Å². The molecule has 1 N–H and O–H groups in total. The summed E-state index contributed by atoms with van der Waals surface area (Å²) >= 11 is 0. The lowest BCUT2D eigenvalue weighted by Gasteiger charge is -2.38. The highest BCUT2D eigenvalue weighted by Gasteiger charge is 2.34. The summed E-state index contributed by atoms with van der Waals surface area (Å²) in [6.45, 7) is 2.25. The summed E-state index contributed by atoms with van der Waals surface area (Å²) in [6.07, 6.45) is -0.312. The average Bonchev–Trinajstić information content (AvgIpc) is 3.16. The maximum atomic E-state index is 13.4. The molecule has 0 spiro atoms. The van der Waals surface area contributed by atoms with Crippen LogP contribution >= 0.6 is 0 Å². The molecule has 2 heterocycles. The standard InChI is InChI=1S/C22H18N2O3/c1-14-5-4-6-15(11-14)21-23-18-8-3-2-7-17(18)22(25)24(21)16-9-10-19-20(12-16)27-13-26-19/h2-12,21,23H,13H2,1H3/t21-/m1/s1. The fourth-order valence-electron chi connectivity index (χ4n) is 3.63. The molecule has 1 amide bonds. The number of aryl methyl sites for hydroxylation is 1. The predicted octanol–water partition coefficient (Wildman–Crippen LogP) is 4.49. The molecule has 0 saturated carbocycles. The molecular weight excluding hydrogens is 340 g/mol. The highest BCUT2D eigenvalue weighted by molar-refractivity contribution is 6.12. The van der Waals surface area contributed by atoms with E-state index in [-0.39, 0.29) is 18.9 Å². The first kappa shape index (κ1) is 15.8. The zero-order chi connectivity index (χ0) is 18.4. The molecule has 2 aliphatic rings. The third-order valence-electron chi connectivity index (χ3n) is 4.92. The van der Waals surface area contributed by atoms with Crippen molar-refractivity contribution in [3.63, 3.8) is 0 Å². The van der Waals surface area contributed by atoms with Crippen molar-refractivity contribution in [2.75, 3.05) is 17.0 Å². The number of anilines is 2. The molecule has 5 rings (SSSR count). The van der Waals surface area contributed by atoms with Crippen molar-refractivity contribution in [1.82, 2.24) is 0 Å².